The van der Waals surface area contributed by atoms with E-state index in [9.17, 15) is 4.79 Å². The van der Waals surface area contributed by atoms with Crippen LogP contribution in [0.25, 0.3) is 0 Å². The molecule has 0 bridgehead atoms. The van der Waals surface area contributed by atoms with Crippen molar-refractivity contribution in [3.8, 4) is 5.75 Å². The topological polar surface area (TPSA) is 62.4 Å². The Morgan fingerprint density at radius 1 is 1.07 bits per heavy atom. The van der Waals surface area contributed by atoms with Gasteiger partial charge >= 0.3 is 0 Å². The number of ether oxygens (including phenoxy) is 1. The van der Waals surface area contributed by atoms with Gasteiger partial charge in [-0.3, -0.25) is 4.79 Å². The highest BCUT2D eigenvalue weighted by atomic mass is 79.9. The molecule has 0 aliphatic heterocycles. The predicted octanol–water partition coefficient (Wildman–Crippen LogP) is 6.40. The molecule has 1 atom stereocenters. The van der Waals surface area contributed by atoms with Gasteiger partial charge in [-0.15, -0.1) is 0 Å². The molecule has 2 aromatic carbocycles. The van der Waals surface area contributed by atoms with Crippen molar-refractivity contribution < 1.29 is 9.53 Å². The molecule has 0 spiro atoms. The molecule has 0 fully saturated rings. The third-order valence-corrected chi connectivity index (χ3v) is 6.30. The first-order valence-corrected chi connectivity index (χ1v) is 11.7. The standard InChI is InChI=1S/C17H13Br3Cl3N3O2S/c1-28-8-6-11(19)13(12(20)7-8)24-16(29)26-15(17(21,22)23)25-14(27)9-4-2-3-5-10(9)18/h2-7,15H,1H3,(H,25,27)(H2,24,26,29)/t15-/m1/s1. The molecule has 1 amide bonds. The number of hydrogen-bond acceptors (Lipinski definition) is 3. The van der Waals surface area contributed by atoms with Crippen molar-refractivity contribution in [2.24, 2.45) is 0 Å². The Labute approximate surface area is 213 Å². The zero-order valence-corrected chi connectivity index (χ0v) is 22.4. The molecule has 0 aliphatic carbocycles. The Bertz CT molecular complexity index is 905. The molecular formula is C17H13Br3Cl3N3O2S. The summed E-state index contributed by atoms with van der Waals surface area (Å²) in [7, 11) is 1.56. The fraction of sp³-hybridized carbons (Fsp3) is 0.176. The van der Waals surface area contributed by atoms with E-state index >= 15 is 0 Å². The minimum absolute atomic E-state index is 0.125. The van der Waals surface area contributed by atoms with Crippen LogP contribution in [-0.4, -0.2) is 28.1 Å². The zero-order chi connectivity index (χ0) is 21.8. The number of methoxy groups -OCH3 is 1. The molecule has 2 rings (SSSR count). The van der Waals surface area contributed by atoms with Gasteiger partial charge in [0.2, 0.25) is 3.79 Å². The number of hydrogen-bond donors (Lipinski definition) is 3. The van der Waals surface area contributed by atoms with Crippen molar-refractivity contribution in [3.63, 3.8) is 0 Å². The van der Waals surface area contributed by atoms with E-state index in [0.717, 1.165) is 0 Å². The molecular weight excluding hydrogens is 656 g/mol. The van der Waals surface area contributed by atoms with Gasteiger partial charge in [-0.1, -0.05) is 46.9 Å². The number of carbonyl (C=O) groups excluding carboxylic acids is 1. The number of thiocarbonyl (C=S) groups is 1. The van der Waals surface area contributed by atoms with E-state index in [4.69, 9.17) is 51.8 Å². The fourth-order valence-corrected chi connectivity index (χ4v) is 4.48. The summed E-state index contributed by atoms with van der Waals surface area (Å²) in [4.78, 5) is 12.6. The molecule has 0 saturated carbocycles. The molecule has 0 radical (unpaired) electrons. The third kappa shape index (κ3) is 7.12. The van der Waals surface area contributed by atoms with E-state index in [1.54, 1.807) is 43.5 Å². The molecule has 0 aliphatic rings. The highest BCUT2D eigenvalue weighted by Gasteiger charge is 2.35. The fourth-order valence-electron chi connectivity index (χ4n) is 2.12. The van der Waals surface area contributed by atoms with Crippen LogP contribution < -0.4 is 20.7 Å². The third-order valence-electron chi connectivity index (χ3n) is 3.49. The number of carbonyl (C=O) groups is 1. The van der Waals surface area contributed by atoms with Crippen molar-refractivity contribution >= 4 is 112 Å². The van der Waals surface area contributed by atoms with Crippen LogP contribution in [0.3, 0.4) is 0 Å². The van der Waals surface area contributed by atoms with Gasteiger partial charge in [-0.25, -0.2) is 0 Å². The van der Waals surface area contributed by atoms with Crippen molar-refractivity contribution in [2.75, 3.05) is 12.4 Å². The zero-order valence-electron chi connectivity index (χ0n) is 14.5. The second-order valence-electron chi connectivity index (χ2n) is 5.49. The Kier molecular flexibility index (Phi) is 9.33. The second kappa shape index (κ2) is 10.8. The lowest BCUT2D eigenvalue weighted by Gasteiger charge is -2.28. The minimum atomic E-state index is -1.88. The Morgan fingerprint density at radius 3 is 2.17 bits per heavy atom. The molecule has 0 saturated heterocycles. The van der Waals surface area contributed by atoms with Crippen LogP contribution in [0.5, 0.6) is 5.75 Å². The number of halogens is 6. The number of alkyl halides is 3. The first-order chi connectivity index (χ1) is 13.5. The largest absolute Gasteiger partial charge is 0.497 e. The highest BCUT2D eigenvalue weighted by molar-refractivity contribution is 9.11. The number of nitrogens with one attached hydrogen (secondary N) is 3. The van der Waals surface area contributed by atoms with Crippen LogP contribution in [0.1, 0.15) is 10.4 Å². The maximum Gasteiger partial charge on any atom is 0.254 e. The lowest BCUT2D eigenvalue weighted by atomic mass is 10.2. The average Bonchev–Trinajstić information content (AvgIpc) is 2.63. The molecule has 0 aromatic heterocycles. The summed E-state index contributed by atoms with van der Waals surface area (Å²) in [5.41, 5.74) is 1.01. The van der Waals surface area contributed by atoms with Crippen molar-refractivity contribution in [1.82, 2.24) is 10.6 Å². The van der Waals surface area contributed by atoms with E-state index in [-0.39, 0.29) is 5.11 Å². The molecule has 29 heavy (non-hydrogen) atoms. The van der Waals surface area contributed by atoms with E-state index in [2.05, 4.69) is 63.7 Å². The summed E-state index contributed by atoms with van der Waals surface area (Å²) >= 11 is 33.6. The molecule has 12 heteroatoms. The number of amides is 1. The molecule has 0 heterocycles. The predicted molar refractivity (Wildman–Crippen MR) is 133 cm³/mol. The average molecular weight is 669 g/mol. The molecule has 3 N–H and O–H groups in total. The normalized spacial score (nSPS) is 12.1. The van der Waals surface area contributed by atoms with Crippen molar-refractivity contribution in [1.29, 1.82) is 0 Å². The Morgan fingerprint density at radius 2 is 1.66 bits per heavy atom. The first kappa shape index (κ1) is 25.0. The maximum atomic E-state index is 12.6. The summed E-state index contributed by atoms with van der Waals surface area (Å²) < 4.78 is 5.31. The molecule has 156 valence electrons. The number of anilines is 1. The number of benzene rings is 2. The monoisotopic (exact) mass is 665 g/mol. The molecule has 0 unspecified atom stereocenters. The quantitative estimate of drug-likeness (QED) is 0.196. The van der Waals surface area contributed by atoms with Gasteiger partial charge in [0.05, 0.1) is 18.4 Å². The molecule has 5 nitrogen and oxygen atoms in total. The summed E-state index contributed by atoms with van der Waals surface area (Å²) in [5.74, 6) is 0.198. The van der Waals surface area contributed by atoms with E-state index in [1.807, 2.05) is 0 Å². The summed E-state index contributed by atoms with van der Waals surface area (Å²) in [6.07, 6.45) is -1.11. The summed E-state index contributed by atoms with van der Waals surface area (Å²) in [6.45, 7) is 0. The van der Waals surface area contributed by atoms with Crippen LogP contribution in [0.15, 0.2) is 49.8 Å². The van der Waals surface area contributed by atoms with Gasteiger partial charge in [-0.05, 0) is 84.3 Å². The molecule has 2 aromatic rings. The summed E-state index contributed by atoms with van der Waals surface area (Å²) in [6, 6.07) is 10.4. The van der Waals surface area contributed by atoms with Gasteiger partial charge in [0.15, 0.2) is 5.11 Å². The van der Waals surface area contributed by atoms with Gasteiger partial charge in [0.1, 0.15) is 11.9 Å². The maximum absolute atomic E-state index is 12.6. The summed E-state index contributed by atoms with van der Waals surface area (Å²) in [5, 5.41) is 8.56. The van der Waals surface area contributed by atoms with Crippen molar-refractivity contribution in [2.45, 2.75) is 9.96 Å². The van der Waals surface area contributed by atoms with Gasteiger partial charge in [-0.2, -0.15) is 0 Å². The van der Waals surface area contributed by atoms with Crippen LogP contribution in [0.2, 0.25) is 0 Å². The smallest absolute Gasteiger partial charge is 0.254 e. The van der Waals surface area contributed by atoms with Crippen LogP contribution in [-0.2, 0) is 0 Å². The van der Waals surface area contributed by atoms with Gasteiger partial charge < -0.3 is 20.7 Å². The number of rotatable bonds is 5. The van der Waals surface area contributed by atoms with Crippen LogP contribution in [0.4, 0.5) is 5.69 Å². The van der Waals surface area contributed by atoms with E-state index < -0.39 is 15.9 Å². The second-order valence-corrected chi connectivity index (χ2v) is 10.8. The van der Waals surface area contributed by atoms with Crippen molar-refractivity contribution in [3.05, 3.63) is 55.4 Å². The van der Waals surface area contributed by atoms with E-state index in [1.165, 1.54) is 0 Å². The van der Waals surface area contributed by atoms with Gasteiger partial charge in [0, 0.05) is 13.4 Å². The lowest BCUT2D eigenvalue weighted by molar-refractivity contribution is 0.0934. The first-order valence-electron chi connectivity index (χ1n) is 7.75. The minimum Gasteiger partial charge on any atom is -0.497 e. The Hall–Kier alpha value is -0.290. The lowest BCUT2D eigenvalue weighted by Crippen LogP contribution is -2.56. The van der Waals surface area contributed by atoms with E-state index in [0.29, 0.717) is 30.4 Å². The van der Waals surface area contributed by atoms with Crippen LogP contribution >= 0.6 is 94.8 Å². The highest BCUT2D eigenvalue weighted by Crippen LogP contribution is 2.35. The SMILES string of the molecule is COc1cc(Br)c(NC(=S)N[C@@H](NC(=O)c2ccccc2Br)C(Cl)(Cl)Cl)c(Br)c1. The van der Waals surface area contributed by atoms with Crippen LogP contribution in [0, 0.1) is 0 Å². The Balaban J connectivity index is 2.16. The van der Waals surface area contributed by atoms with Gasteiger partial charge in [0.25, 0.3) is 5.91 Å².